The molecule has 16 heavy (non-hydrogen) atoms. The normalized spacial score (nSPS) is 12.5. The molecule has 0 aromatic carbocycles. The molecule has 2 N–H and O–H groups in total. The molecule has 4 nitrogen and oxygen atoms in total. The summed E-state index contributed by atoms with van der Waals surface area (Å²) in [6.45, 7) is 2.52. The maximum atomic E-state index is 9.56. The Labute approximate surface area is 105 Å². The topological polar surface area (TPSA) is 58.0 Å². The minimum Gasteiger partial charge on any atom is -0.391 e. The predicted octanol–water partition coefficient (Wildman–Crippen LogP) is 2.42. The summed E-state index contributed by atoms with van der Waals surface area (Å²) in [7, 11) is 0. The van der Waals surface area contributed by atoms with Crippen LogP contribution in [0.5, 0.6) is 0 Å². The molecule has 1 unspecified atom stereocenters. The molecule has 1 atom stereocenters. The van der Waals surface area contributed by atoms with Gasteiger partial charge < -0.3 is 10.4 Å². The van der Waals surface area contributed by atoms with E-state index in [2.05, 4.69) is 15.3 Å². The van der Waals surface area contributed by atoms with Gasteiger partial charge in [-0.1, -0.05) is 36.7 Å². The van der Waals surface area contributed by atoms with E-state index >= 15 is 0 Å². The average molecular weight is 262 g/mol. The largest absolute Gasteiger partial charge is 0.391 e. The molecule has 0 saturated carbocycles. The molecule has 6 heteroatoms. The van der Waals surface area contributed by atoms with E-state index in [4.69, 9.17) is 11.6 Å². The van der Waals surface area contributed by atoms with Crippen LogP contribution >= 0.6 is 23.4 Å². The van der Waals surface area contributed by atoms with E-state index in [0.29, 0.717) is 22.7 Å². The first kappa shape index (κ1) is 13.5. The summed E-state index contributed by atoms with van der Waals surface area (Å²) in [5.41, 5.74) is 0. The average Bonchev–Trinajstić information content (AvgIpc) is 2.26. The highest BCUT2D eigenvalue weighted by Gasteiger charge is 2.05. The molecule has 0 spiro atoms. The van der Waals surface area contributed by atoms with Gasteiger partial charge in [0.05, 0.1) is 6.10 Å². The van der Waals surface area contributed by atoms with Gasteiger partial charge in [0, 0.05) is 12.6 Å². The van der Waals surface area contributed by atoms with Crippen molar-refractivity contribution in [1.82, 2.24) is 9.97 Å². The van der Waals surface area contributed by atoms with Gasteiger partial charge in [-0.2, -0.15) is 0 Å². The smallest absolute Gasteiger partial charge is 0.190 e. The number of hydrogen-bond acceptors (Lipinski definition) is 5. The van der Waals surface area contributed by atoms with E-state index < -0.39 is 0 Å². The van der Waals surface area contributed by atoms with Crippen LogP contribution in [0.1, 0.15) is 19.8 Å². The van der Waals surface area contributed by atoms with Gasteiger partial charge in [0.1, 0.15) is 11.0 Å². The third-order valence-corrected chi connectivity index (χ3v) is 2.74. The molecule has 0 amide bonds. The van der Waals surface area contributed by atoms with Crippen molar-refractivity contribution in [3.8, 4) is 0 Å². The van der Waals surface area contributed by atoms with E-state index in [9.17, 15) is 5.11 Å². The van der Waals surface area contributed by atoms with Crippen LogP contribution in [0.15, 0.2) is 11.2 Å². The molecule has 1 heterocycles. The van der Waals surface area contributed by atoms with Gasteiger partial charge in [0.15, 0.2) is 5.16 Å². The molecule has 0 aliphatic carbocycles. The van der Waals surface area contributed by atoms with Crippen molar-refractivity contribution < 1.29 is 5.11 Å². The Bertz CT molecular complexity index is 338. The quantitative estimate of drug-likeness (QED) is 0.468. The third kappa shape index (κ3) is 4.55. The number of hydrogen-bond donors (Lipinski definition) is 2. The number of anilines is 1. The summed E-state index contributed by atoms with van der Waals surface area (Å²) >= 11 is 7.27. The van der Waals surface area contributed by atoms with Crippen molar-refractivity contribution >= 4 is 29.2 Å². The standard InChI is InChI=1S/C10H16ClN3OS/c1-3-4-7(15)6-12-9-5-8(11)13-10(14-9)16-2/h5,7,15H,3-4,6H2,1-2H3,(H,12,13,14). The van der Waals surface area contributed by atoms with Crippen LogP contribution in [-0.4, -0.2) is 34.0 Å². The lowest BCUT2D eigenvalue weighted by Crippen LogP contribution is -2.19. The van der Waals surface area contributed by atoms with Gasteiger partial charge in [-0.15, -0.1) is 0 Å². The molecule has 0 radical (unpaired) electrons. The fraction of sp³-hybridized carbons (Fsp3) is 0.600. The molecule has 0 fully saturated rings. The van der Waals surface area contributed by atoms with Crippen molar-refractivity contribution in [2.75, 3.05) is 18.1 Å². The molecule has 1 rings (SSSR count). The summed E-state index contributed by atoms with van der Waals surface area (Å²) in [6, 6.07) is 1.65. The number of aliphatic hydroxyl groups excluding tert-OH is 1. The second-order valence-electron chi connectivity index (χ2n) is 3.39. The first-order chi connectivity index (χ1) is 7.65. The maximum Gasteiger partial charge on any atom is 0.190 e. The lowest BCUT2D eigenvalue weighted by Gasteiger charge is -2.11. The zero-order valence-electron chi connectivity index (χ0n) is 9.40. The van der Waals surface area contributed by atoms with Crippen LogP contribution in [0.2, 0.25) is 5.15 Å². The second kappa shape index (κ2) is 6.93. The van der Waals surface area contributed by atoms with E-state index in [1.807, 2.05) is 13.2 Å². The van der Waals surface area contributed by atoms with Gasteiger partial charge in [0.25, 0.3) is 0 Å². The number of halogens is 1. The highest BCUT2D eigenvalue weighted by molar-refractivity contribution is 7.98. The molecule has 0 aliphatic rings. The van der Waals surface area contributed by atoms with Crippen LogP contribution in [-0.2, 0) is 0 Å². The first-order valence-electron chi connectivity index (χ1n) is 5.16. The second-order valence-corrected chi connectivity index (χ2v) is 4.55. The highest BCUT2D eigenvalue weighted by atomic mass is 35.5. The Morgan fingerprint density at radius 2 is 2.31 bits per heavy atom. The fourth-order valence-electron chi connectivity index (χ4n) is 1.24. The Balaban J connectivity index is 2.56. The number of nitrogens with zero attached hydrogens (tertiary/aromatic N) is 2. The van der Waals surface area contributed by atoms with Gasteiger partial charge in [-0.05, 0) is 12.7 Å². The lowest BCUT2D eigenvalue weighted by molar-refractivity contribution is 0.176. The van der Waals surface area contributed by atoms with Crippen molar-refractivity contribution in [2.45, 2.75) is 31.0 Å². The van der Waals surface area contributed by atoms with Crippen LogP contribution in [0.4, 0.5) is 5.82 Å². The van der Waals surface area contributed by atoms with E-state index in [1.54, 1.807) is 6.07 Å². The minimum atomic E-state index is -0.350. The number of aliphatic hydroxyl groups is 1. The summed E-state index contributed by atoms with van der Waals surface area (Å²) < 4.78 is 0. The Kier molecular flexibility index (Phi) is 5.87. The maximum absolute atomic E-state index is 9.56. The van der Waals surface area contributed by atoms with Crippen molar-refractivity contribution in [1.29, 1.82) is 0 Å². The van der Waals surface area contributed by atoms with Gasteiger partial charge in [0.2, 0.25) is 0 Å². The van der Waals surface area contributed by atoms with Crippen molar-refractivity contribution in [2.24, 2.45) is 0 Å². The summed E-state index contributed by atoms with van der Waals surface area (Å²) in [5, 5.41) is 13.6. The molecule has 1 aromatic heterocycles. The van der Waals surface area contributed by atoms with Gasteiger partial charge >= 0.3 is 0 Å². The van der Waals surface area contributed by atoms with Gasteiger partial charge in [-0.3, -0.25) is 0 Å². The molecule has 1 aromatic rings. The molecular formula is C10H16ClN3OS. The number of aromatic nitrogens is 2. The number of thioether (sulfide) groups is 1. The van der Waals surface area contributed by atoms with E-state index in [-0.39, 0.29) is 6.10 Å². The van der Waals surface area contributed by atoms with E-state index in [1.165, 1.54) is 11.8 Å². The number of rotatable bonds is 6. The minimum absolute atomic E-state index is 0.350. The number of nitrogens with one attached hydrogen (secondary N) is 1. The summed E-state index contributed by atoms with van der Waals surface area (Å²) in [6.07, 6.45) is 3.28. The Morgan fingerprint density at radius 3 is 2.94 bits per heavy atom. The van der Waals surface area contributed by atoms with Crippen LogP contribution < -0.4 is 5.32 Å². The first-order valence-corrected chi connectivity index (χ1v) is 6.76. The molecule has 90 valence electrons. The molecule has 0 saturated heterocycles. The van der Waals surface area contributed by atoms with Crippen LogP contribution in [0.25, 0.3) is 0 Å². The van der Waals surface area contributed by atoms with Crippen molar-refractivity contribution in [3.05, 3.63) is 11.2 Å². The molecule has 0 bridgehead atoms. The third-order valence-electron chi connectivity index (χ3n) is 2.00. The highest BCUT2D eigenvalue weighted by Crippen LogP contribution is 2.17. The van der Waals surface area contributed by atoms with E-state index in [0.717, 1.165) is 12.8 Å². The Hall–Kier alpha value is -0.520. The zero-order chi connectivity index (χ0) is 12.0. The summed E-state index contributed by atoms with van der Waals surface area (Å²) in [5.74, 6) is 0.652. The SMILES string of the molecule is CCCC(O)CNc1cc(Cl)nc(SC)n1. The molecular weight excluding hydrogens is 246 g/mol. The predicted molar refractivity (Wildman–Crippen MR) is 68.2 cm³/mol. The Morgan fingerprint density at radius 1 is 1.56 bits per heavy atom. The fourth-order valence-corrected chi connectivity index (χ4v) is 1.85. The monoisotopic (exact) mass is 261 g/mol. The van der Waals surface area contributed by atoms with Crippen LogP contribution in [0.3, 0.4) is 0 Å². The summed E-state index contributed by atoms with van der Waals surface area (Å²) in [4.78, 5) is 8.26. The van der Waals surface area contributed by atoms with Crippen molar-refractivity contribution in [3.63, 3.8) is 0 Å². The van der Waals surface area contributed by atoms with Crippen LogP contribution in [0, 0.1) is 0 Å². The lowest BCUT2D eigenvalue weighted by atomic mass is 10.2. The zero-order valence-corrected chi connectivity index (χ0v) is 11.0. The molecule has 0 aliphatic heterocycles. The van der Waals surface area contributed by atoms with Gasteiger partial charge in [-0.25, -0.2) is 9.97 Å².